The van der Waals surface area contributed by atoms with Gasteiger partial charge in [0.2, 0.25) is 11.8 Å². The summed E-state index contributed by atoms with van der Waals surface area (Å²) < 4.78 is 36.2. The zero-order chi connectivity index (χ0) is 38.7. The Hall–Kier alpha value is -4.91. The number of imidazole rings is 2. The third-order valence-corrected chi connectivity index (χ3v) is 11.2. The van der Waals surface area contributed by atoms with Crippen LogP contribution < -0.4 is 0 Å². The molecule has 2 aliphatic heterocycles. The molecule has 2 fully saturated rings. The maximum Gasteiger partial charge on any atom is 0.306 e. The first-order chi connectivity index (χ1) is 25.9. The normalized spacial score (nSPS) is 18.5. The molecular weight excluding hydrogens is 692 g/mol. The molecular formula is C41H51F2N7O4. The maximum atomic E-state index is 15.7. The van der Waals surface area contributed by atoms with Gasteiger partial charge in [0.05, 0.1) is 61.4 Å². The van der Waals surface area contributed by atoms with E-state index in [1.807, 2.05) is 39.5 Å². The topological polar surface area (TPSA) is 128 Å². The Morgan fingerprint density at radius 1 is 0.815 bits per heavy atom. The van der Waals surface area contributed by atoms with Crippen LogP contribution in [0.4, 0.5) is 8.78 Å². The first-order valence-electron chi connectivity index (χ1n) is 19.1. The number of aromatic amines is 2. The average molecular weight is 744 g/mol. The summed E-state index contributed by atoms with van der Waals surface area (Å²) in [6, 6.07) is 8.76. The predicted octanol–water partition coefficient (Wildman–Crippen LogP) is 7.30. The zero-order valence-electron chi connectivity index (χ0n) is 32.0. The van der Waals surface area contributed by atoms with Gasteiger partial charge in [0.25, 0.3) is 0 Å². The van der Waals surface area contributed by atoms with Gasteiger partial charge in [-0.2, -0.15) is 0 Å². The molecule has 2 aliphatic rings. The number of amides is 2. The number of methoxy groups -OCH3 is 1. The molecule has 54 heavy (non-hydrogen) atoms. The van der Waals surface area contributed by atoms with Crippen molar-refractivity contribution in [3.8, 4) is 33.6 Å². The minimum atomic E-state index is -0.514. The molecule has 2 aromatic carbocycles. The quantitative estimate of drug-likeness (QED) is 0.138. The van der Waals surface area contributed by atoms with Gasteiger partial charge in [0.15, 0.2) is 0 Å². The first-order valence-corrected chi connectivity index (χ1v) is 19.1. The molecule has 0 radical (unpaired) electrons. The van der Waals surface area contributed by atoms with Gasteiger partial charge in [-0.15, -0.1) is 0 Å². The highest BCUT2D eigenvalue weighted by molar-refractivity contribution is 5.84. The van der Waals surface area contributed by atoms with E-state index in [2.05, 4.69) is 24.8 Å². The van der Waals surface area contributed by atoms with Crippen LogP contribution in [0.2, 0.25) is 0 Å². The van der Waals surface area contributed by atoms with Crippen LogP contribution in [-0.2, 0) is 19.1 Å². The number of nitrogens with zero attached hydrogens (tertiary/aromatic N) is 5. The molecule has 4 atom stereocenters. The molecule has 2 N–H and O–H groups in total. The number of rotatable bonds is 13. The summed E-state index contributed by atoms with van der Waals surface area (Å²) in [5, 5.41) is 0. The molecule has 288 valence electrons. The molecule has 4 aromatic rings. The van der Waals surface area contributed by atoms with Gasteiger partial charge in [0, 0.05) is 24.2 Å². The van der Waals surface area contributed by atoms with Crippen LogP contribution >= 0.6 is 0 Å². The van der Waals surface area contributed by atoms with Crippen molar-refractivity contribution in [1.29, 1.82) is 0 Å². The van der Waals surface area contributed by atoms with Crippen LogP contribution in [0.25, 0.3) is 33.6 Å². The highest BCUT2D eigenvalue weighted by Crippen LogP contribution is 2.37. The molecule has 2 aromatic heterocycles. The fourth-order valence-corrected chi connectivity index (χ4v) is 7.99. The third-order valence-electron chi connectivity index (χ3n) is 11.2. The lowest BCUT2D eigenvalue weighted by Crippen LogP contribution is -2.46. The summed E-state index contributed by atoms with van der Waals surface area (Å²) in [6.07, 6.45) is 6.29. The second kappa shape index (κ2) is 16.6. The number of esters is 1. The number of carbonyl (C=O) groups excluding carboxylic acids is 3. The highest BCUT2D eigenvalue weighted by Gasteiger charge is 2.38. The Kier molecular flexibility index (Phi) is 11.9. The van der Waals surface area contributed by atoms with Crippen molar-refractivity contribution in [3.63, 3.8) is 0 Å². The van der Waals surface area contributed by atoms with Crippen molar-refractivity contribution < 1.29 is 27.9 Å². The smallest absolute Gasteiger partial charge is 0.306 e. The molecule has 13 heteroatoms. The largest absolute Gasteiger partial charge is 0.469 e. The standard InChI is InChI=1S/C41H51F2N7O4/c1-7-48(8-2)25(5)40(52)49-17-9-11-35(49)38-44-22-33(46-38)28-15-13-26(19-31(28)42)27-14-16-29(32(43)20-27)34-23-45-39(47-34)36-12-10-18-50(36)41(53)30(24(3)4)21-37(51)54-6/h13-16,19-20,22-25,30,35-36H,7-12,17-18,21H2,1-6H3,(H,44,46)(H,45,47)/t25-,30+,35+,36+/m1/s1. The predicted molar refractivity (Wildman–Crippen MR) is 202 cm³/mol. The van der Waals surface area contributed by atoms with Crippen molar-refractivity contribution in [2.24, 2.45) is 11.8 Å². The molecule has 0 bridgehead atoms. The van der Waals surface area contributed by atoms with Gasteiger partial charge in [0.1, 0.15) is 23.3 Å². The molecule has 0 spiro atoms. The summed E-state index contributed by atoms with van der Waals surface area (Å²) in [4.78, 5) is 60.4. The van der Waals surface area contributed by atoms with E-state index in [0.29, 0.717) is 64.8 Å². The van der Waals surface area contributed by atoms with Crippen molar-refractivity contribution in [1.82, 2.24) is 34.6 Å². The van der Waals surface area contributed by atoms with Crippen LogP contribution in [0.15, 0.2) is 48.8 Å². The van der Waals surface area contributed by atoms with Gasteiger partial charge in [-0.1, -0.05) is 39.8 Å². The van der Waals surface area contributed by atoms with Crippen LogP contribution in [0, 0.1) is 23.5 Å². The number of nitrogens with one attached hydrogen (secondary N) is 2. The van der Waals surface area contributed by atoms with Gasteiger partial charge in [-0.05, 0) is 87.0 Å². The zero-order valence-corrected chi connectivity index (χ0v) is 32.0. The number of ether oxygens (including phenoxy) is 1. The van der Waals surface area contributed by atoms with E-state index in [9.17, 15) is 14.4 Å². The summed E-state index contributed by atoms with van der Waals surface area (Å²) in [5.74, 6) is -0.845. The lowest BCUT2D eigenvalue weighted by molar-refractivity contribution is -0.148. The van der Waals surface area contributed by atoms with Crippen LogP contribution in [0.5, 0.6) is 0 Å². The number of aromatic nitrogens is 4. The second-order valence-electron chi connectivity index (χ2n) is 14.7. The number of halogens is 2. The van der Waals surface area contributed by atoms with E-state index >= 15 is 8.78 Å². The Labute approximate surface area is 315 Å². The molecule has 11 nitrogen and oxygen atoms in total. The van der Waals surface area contributed by atoms with E-state index in [1.54, 1.807) is 41.6 Å². The minimum absolute atomic E-state index is 0.00738. The third kappa shape index (κ3) is 7.82. The van der Waals surface area contributed by atoms with Crippen molar-refractivity contribution in [3.05, 3.63) is 72.1 Å². The van der Waals surface area contributed by atoms with E-state index in [1.165, 1.54) is 19.2 Å². The second-order valence-corrected chi connectivity index (χ2v) is 14.7. The van der Waals surface area contributed by atoms with Crippen LogP contribution in [-0.4, -0.2) is 91.7 Å². The summed E-state index contributed by atoms with van der Waals surface area (Å²) in [6.45, 7) is 12.6. The van der Waals surface area contributed by atoms with Gasteiger partial charge in [-0.3, -0.25) is 19.3 Å². The fourth-order valence-electron chi connectivity index (χ4n) is 7.99. The Morgan fingerprint density at radius 3 is 1.72 bits per heavy atom. The Bertz CT molecular complexity index is 1970. The first kappa shape index (κ1) is 38.8. The SMILES string of the molecule is CCN(CC)[C@H](C)C(=O)N1CCC[C@H]1c1ncc(-c2ccc(-c3ccc(-c4cnc([C@@H]5CCCN5C(=O)[C@@H](CC(=O)OC)C(C)C)[nH]4)c(F)c3)cc2F)[nH]1. The number of benzene rings is 2. The van der Waals surface area contributed by atoms with Crippen molar-refractivity contribution in [2.75, 3.05) is 33.3 Å². The number of likely N-dealkylation sites (tertiary alicyclic amines) is 2. The Morgan fingerprint density at radius 2 is 1.30 bits per heavy atom. The van der Waals surface area contributed by atoms with Crippen LogP contribution in [0.3, 0.4) is 0 Å². The van der Waals surface area contributed by atoms with Crippen molar-refractivity contribution in [2.45, 2.75) is 84.8 Å². The van der Waals surface area contributed by atoms with Gasteiger partial charge < -0.3 is 24.5 Å². The Balaban J connectivity index is 1.16. The summed E-state index contributed by atoms with van der Waals surface area (Å²) >= 11 is 0. The van der Waals surface area contributed by atoms with Gasteiger partial charge >= 0.3 is 5.97 Å². The average Bonchev–Trinajstić information content (AvgIpc) is 4.00. The molecule has 2 amide bonds. The molecule has 0 unspecified atom stereocenters. The minimum Gasteiger partial charge on any atom is -0.469 e. The highest BCUT2D eigenvalue weighted by atomic mass is 19.1. The molecule has 4 heterocycles. The van der Waals surface area contributed by atoms with Crippen LogP contribution in [0.1, 0.15) is 90.5 Å². The van der Waals surface area contributed by atoms with E-state index < -0.39 is 23.5 Å². The number of H-pyrrole nitrogens is 2. The monoisotopic (exact) mass is 743 g/mol. The number of carbonyl (C=O) groups is 3. The molecule has 6 rings (SSSR count). The van der Waals surface area contributed by atoms with E-state index in [4.69, 9.17) is 4.74 Å². The molecule has 0 aliphatic carbocycles. The maximum absolute atomic E-state index is 15.7. The lowest BCUT2D eigenvalue weighted by atomic mass is 9.91. The van der Waals surface area contributed by atoms with E-state index in [-0.39, 0.29) is 42.3 Å². The molecule has 2 saturated heterocycles. The van der Waals surface area contributed by atoms with E-state index in [0.717, 1.165) is 32.4 Å². The number of hydrogen-bond donors (Lipinski definition) is 2. The van der Waals surface area contributed by atoms with Gasteiger partial charge in [-0.25, -0.2) is 18.7 Å². The summed E-state index contributed by atoms with van der Waals surface area (Å²) in [7, 11) is 1.31. The fraction of sp³-hybridized carbons (Fsp3) is 0.488. The lowest BCUT2D eigenvalue weighted by Gasteiger charge is -2.31. The summed E-state index contributed by atoms with van der Waals surface area (Å²) in [5.41, 5.74) is 2.62. The number of hydrogen-bond acceptors (Lipinski definition) is 7. The van der Waals surface area contributed by atoms with Crippen molar-refractivity contribution >= 4 is 17.8 Å². The number of likely N-dealkylation sites (N-methyl/N-ethyl adjacent to an activating group) is 1. The molecule has 0 saturated carbocycles.